The van der Waals surface area contributed by atoms with Gasteiger partial charge in [0.1, 0.15) is 11.6 Å². The summed E-state index contributed by atoms with van der Waals surface area (Å²) in [4.78, 5) is 51.6. The Balaban J connectivity index is 2.06. The van der Waals surface area contributed by atoms with Crippen LogP contribution in [0.15, 0.2) is 33.9 Å². The van der Waals surface area contributed by atoms with Gasteiger partial charge in [0, 0.05) is 13.6 Å². The van der Waals surface area contributed by atoms with Crippen LogP contribution in [0.1, 0.15) is 17.8 Å². The second kappa shape index (κ2) is 10.0. The number of terminal acetylenes is 1. The number of rotatable bonds is 9. The Hall–Kier alpha value is -3.42. The molecule has 174 valence electrons. The zero-order valence-corrected chi connectivity index (χ0v) is 18.9. The highest BCUT2D eigenvalue weighted by atomic mass is 31.2. The topological polar surface area (TPSA) is 143 Å². The molecular formula is C21H21N4O7P-2. The molecule has 0 saturated heterocycles. The van der Waals surface area contributed by atoms with Gasteiger partial charge in [-0.1, -0.05) is 24.1 Å². The molecule has 0 aliphatic carbocycles. The van der Waals surface area contributed by atoms with Gasteiger partial charge in [-0.15, -0.1) is 6.42 Å². The lowest BCUT2D eigenvalue weighted by Gasteiger charge is -2.28. The molecule has 0 bridgehead atoms. The fraction of sp³-hybridized carbons (Fsp3) is 0.286. The van der Waals surface area contributed by atoms with E-state index in [0.717, 1.165) is 10.1 Å². The minimum Gasteiger partial charge on any atom is -0.790 e. The predicted octanol–water partition coefficient (Wildman–Crippen LogP) is -0.0557. The first kappa shape index (κ1) is 24.2. The van der Waals surface area contributed by atoms with Crippen molar-refractivity contribution >= 4 is 31.1 Å². The number of ether oxygens (including phenoxy) is 1. The molecule has 12 heteroatoms. The molecule has 0 saturated carbocycles. The molecular weight excluding hydrogens is 451 g/mol. The zero-order chi connectivity index (χ0) is 24.2. The van der Waals surface area contributed by atoms with Crippen molar-refractivity contribution in [2.24, 2.45) is 7.05 Å². The Bertz CT molecular complexity index is 1400. The fourth-order valence-electron chi connectivity index (χ4n) is 3.28. The largest absolute Gasteiger partial charge is 0.790 e. The van der Waals surface area contributed by atoms with E-state index in [2.05, 4.69) is 15.4 Å². The second-order valence-corrected chi connectivity index (χ2v) is 8.13. The average molecular weight is 472 g/mol. The summed E-state index contributed by atoms with van der Waals surface area (Å²) in [5, 5.41) is 0. The van der Waals surface area contributed by atoms with Crippen molar-refractivity contribution in [3.8, 4) is 18.1 Å². The summed E-state index contributed by atoms with van der Waals surface area (Å²) in [6, 6.07) is 7.32. The summed E-state index contributed by atoms with van der Waals surface area (Å²) in [6.07, 6.45) is 8.80. The monoisotopic (exact) mass is 472 g/mol. The van der Waals surface area contributed by atoms with E-state index in [-0.39, 0.29) is 30.7 Å². The molecule has 3 rings (SSSR count). The van der Waals surface area contributed by atoms with E-state index in [1.807, 2.05) is 18.2 Å². The molecule has 0 amide bonds. The van der Waals surface area contributed by atoms with Gasteiger partial charge in [0.2, 0.25) is 0 Å². The number of aryl methyl sites for hydroxylation is 2. The van der Waals surface area contributed by atoms with Gasteiger partial charge in [0.05, 0.1) is 28.1 Å². The molecule has 0 spiro atoms. The van der Waals surface area contributed by atoms with Crippen LogP contribution in [0.25, 0.3) is 23.3 Å². The standard InChI is InChI=1S/C21H23N4O7P/c1-4-11-25-20(26)18-19(24(21(25)27)12-6-13-32-33(28,29)30)22-17(23(18)2)10-9-15-7-5-8-16(14-15)31-3/h1,5,7-10,14H,6,11-13H2,2-3H3,(H2,28,29,30)/p-2/b10-9+. The summed E-state index contributed by atoms with van der Waals surface area (Å²) in [7, 11) is -1.94. The highest BCUT2D eigenvalue weighted by molar-refractivity contribution is 7.43. The van der Waals surface area contributed by atoms with Crippen molar-refractivity contribution in [2.45, 2.75) is 19.5 Å². The van der Waals surface area contributed by atoms with Gasteiger partial charge in [-0.05, 0) is 30.2 Å². The number of fused-ring (bicyclic) bond motifs is 1. The third-order valence-electron chi connectivity index (χ3n) is 4.82. The third-order valence-corrected chi connectivity index (χ3v) is 5.32. The number of hydrogen-bond donors (Lipinski definition) is 0. The summed E-state index contributed by atoms with van der Waals surface area (Å²) in [5.41, 5.74) is -0.201. The van der Waals surface area contributed by atoms with Crippen LogP contribution in [0.3, 0.4) is 0 Å². The van der Waals surface area contributed by atoms with Crippen LogP contribution < -0.4 is 25.8 Å². The molecule has 0 atom stereocenters. The smallest absolute Gasteiger partial charge is 0.333 e. The Morgan fingerprint density at radius 1 is 1.24 bits per heavy atom. The lowest BCUT2D eigenvalue weighted by atomic mass is 10.2. The molecule has 2 heterocycles. The Morgan fingerprint density at radius 2 is 2.00 bits per heavy atom. The highest BCUT2D eigenvalue weighted by Gasteiger charge is 2.19. The number of phosphoric ester groups is 1. The maximum absolute atomic E-state index is 13.0. The Morgan fingerprint density at radius 3 is 2.67 bits per heavy atom. The number of imidazole rings is 1. The van der Waals surface area contributed by atoms with Crippen LogP contribution in [-0.4, -0.2) is 32.4 Å². The number of aromatic nitrogens is 4. The van der Waals surface area contributed by atoms with Gasteiger partial charge < -0.3 is 28.2 Å². The maximum Gasteiger partial charge on any atom is 0.333 e. The first-order valence-corrected chi connectivity index (χ1v) is 11.2. The molecule has 11 nitrogen and oxygen atoms in total. The van der Waals surface area contributed by atoms with E-state index < -0.39 is 25.7 Å². The number of hydrogen-bond acceptors (Lipinski definition) is 8. The summed E-state index contributed by atoms with van der Waals surface area (Å²) < 4.78 is 23.7. The summed E-state index contributed by atoms with van der Waals surface area (Å²) in [6.45, 7) is -0.710. The minimum absolute atomic E-state index is 0.0172. The van der Waals surface area contributed by atoms with Crippen LogP contribution in [-0.2, 0) is 29.2 Å². The SMILES string of the molecule is C#CCn1c(=O)c2c(nc(/C=C/c3cccc(OC)c3)n2C)n(CCCOP(=O)([O-])[O-])c1=O. The lowest BCUT2D eigenvalue weighted by molar-refractivity contribution is -0.341. The molecule has 0 radical (unpaired) electrons. The van der Waals surface area contributed by atoms with Gasteiger partial charge in [-0.2, -0.15) is 0 Å². The van der Waals surface area contributed by atoms with E-state index >= 15 is 0 Å². The van der Waals surface area contributed by atoms with E-state index in [9.17, 15) is 23.9 Å². The normalized spacial score (nSPS) is 11.8. The molecule has 0 unspecified atom stereocenters. The van der Waals surface area contributed by atoms with E-state index in [1.165, 1.54) is 9.13 Å². The molecule has 0 aliphatic rings. The number of nitrogens with zero attached hydrogens (tertiary/aromatic N) is 4. The van der Waals surface area contributed by atoms with Gasteiger partial charge >= 0.3 is 5.69 Å². The predicted molar refractivity (Wildman–Crippen MR) is 118 cm³/mol. The van der Waals surface area contributed by atoms with Gasteiger partial charge in [0.15, 0.2) is 11.2 Å². The van der Waals surface area contributed by atoms with Crippen LogP contribution in [0.5, 0.6) is 5.75 Å². The summed E-state index contributed by atoms with van der Waals surface area (Å²) in [5.74, 6) is 3.35. The van der Waals surface area contributed by atoms with Crippen molar-refractivity contribution < 1.29 is 23.6 Å². The van der Waals surface area contributed by atoms with E-state index in [4.69, 9.17) is 11.2 Å². The number of methoxy groups -OCH3 is 1. The molecule has 3 aromatic rings. The molecule has 0 N–H and O–H groups in total. The van der Waals surface area contributed by atoms with Crippen LogP contribution in [0.4, 0.5) is 0 Å². The molecule has 33 heavy (non-hydrogen) atoms. The lowest BCUT2D eigenvalue weighted by Crippen LogP contribution is -2.40. The quantitative estimate of drug-likeness (QED) is 0.239. The van der Waals surface area contributed by atoms with Crippen molar-refractivity contribution in [2.75, 3.05) is 13.7 Å². The van der Waals surface area contributed by atoms with Crippen molar-refractivity contribution in [3.05, 3.63) is 56.5 Å². The molecule has 2 aromatic heterocycles. The van der Waals surface area contributed by atoms with E-state index in [0.29, 0.717) is 11.6 Å². The van der Waals surface area contributed by atoms with Crippen molar-refractivity contribution in [1.29, 1.82) is 0 Å². The van der Waals surface area contributed by atoms with Crippen molar-refractivity contribution in [1.82, 2.24) is 18.7 Å². The zero-order valence-electron chi connectivity index (χ0n) is 18.0. The molecule has 1 aromatic carbocycles. The van der Waals surface area contributed by atoms with Crippen molar-refractivity contribution in [3.63, 3.8) is 0 Å². The van der Waals surface area contributed by atoms with Crippen LogP contribution in [0.2, 0.25) is 0 Å². The second-order valence-electron chi connectivity index (χ2n) is 6.97. The number of phosphoric acid groups is 1. The first-order chi connectivity index (χ1) is 15.7. The third kappa shape index (κ3) is 5.50. The minimum atomic E-state index is -5.13. The maximum atomic E-state index is 13.0. The number of benzene rings is 1. The van der Waals surface area contributed by atoms with Gasteiger partial charge in [0.25, 0.3) is 5.56 Å². The molecule has 0 aliphatic heterocycles. The Kier molecular flexibility index (Phi) is 7.36. The first-order valence-electron chi connectivity index (χ1n) is 9.78. The average Bonchev–Trinajstić information content (AvgIpc) is 3.10. The fourth-order valence-corrected chi connectivity index (χ4v) is 3.63. The van der Waals surface area contributed by atoms with Gasteiger partial charge in [-0.25, -0.2) is 14.3 Å². The highest BCUT2D eigenvalue weighted by Crippen LogP contribution is 2.24. The van der Waals surface area contributed by atoms with Crippen LogP contribution in [0, 0.1) is 12.3 Å². The van der Waals surface area contributed by atoms with Gasteiger partial charge in [-0.3, -0.25) is 9.36 Å². The summed E-state index contributed by atoms with van der Waals surface area (Å²) >= 11 is 0. The van der Waals surface area contributed by atoms with Crippen LogP contribution >= 0.6 is 7.82 Å². The van der Waals surface area contributed by atoms with E-state index in [1.54, 1.807) is 32.4 Å². The molecule has 0 fully saturated rings. The Labute approximate surface area is 188 Å².